The molecule has 3 rings (SSSR count). The molecule has 0 aliphatic carbocycles. The largest absolute Gasteiger partial charge is 0.484 e. The number of carbonyl (C=O) groups is 1. The van der Waals surface area contributed by atoms with E-state index >= 15 is 0 Å². The minimum absolute atomic E-state index is 0.0358. The van der Waals surface area contributed by atoms with Crippen LogP contribution in [0.3, 0.4) is 0 Å². The Kier molecular flexibility index (Phi) is 7.64. The van der Waals surface area contributed by atoms with Crippen LogP contribution >= 0.6 is 0 Å². The van der Waals surface area contributed by atoms with Crippen molar-refractivity contribution in [2.24, 2.45) is 4.99 Å². The lowest BCUT2D eigenvalue weighted by atomic mass is 10.1. The maximum Gasteiger partial charge on any atom is 0.260 e. The molecule has 1 saturated heterocycles. The van der Waals surface area contributed by atoms with Crippen molar-refractivity contribution >= 4 is 22.9 Å². The summed E-state index contributed by atoms with van der Waals surface area (Å²) in [5.41, 5.74) is 5.29. The molecule has 0 radical (unpaired) electrons. The fourth-order valence-corrected chi connectivity index (χ4v) is 3.71. The second-order valence-corrected chi connectivity index (χ2v) is 8.25. The van der Waals surface area contributed by atoms with Crippen molar-refractivity contribution in [1.82, 2.24) is 9.80 Å². The first-order valence-electron chi connectivity index (χ1n) is 10.9. The number of carbonyl (C=O) groups excluding carboxylic acids is 1. The number of benzene rings is 2. The van der Waals surface area contributed by atoms with E-state index in [0.29, 0.717) is 13.1 Å². The fraction of sp³-hybridized carbons (Fsp3) is 0.385. The van der Waals surface area contributed by atoms with Gasteiger partial charge in [-0.3, -0.25) is 14.7 Å². The molecule has 0 bridgehead atoms. The Labute approximate surface area is 186 Å². The molecule has 5 heteroatoms. The van der Waals surface area contributed by atoms with E-state index in [1.807, 2.05) is 61.2 Å². The Bertz CT molecular complexity index is 941. The third kappa shape index (κ3) is 6.05. The summed E-state index contributed by atoms with van der Waals surface area (Å²) in [6, 6.07) is 16.1. The minimum Gasteiger partial charge on any atom is -0.484 e. The number of hydrogen-bond donors (Lipinski definition) is 0. The van der Waals surface area contributed by atoms with Gasteiger partial charge < -0.3 is 9.64 Å². The van der Waals surface area contributed by atoms with E-state index in [1.165, 1.54) is 5.56 Å². The number of para-hydroxylation sites is 1. The Hall–Kier alpha value is -2.92. The van der Waals surface area contributed by atoms with Crippen LogP contribution in [-0.2, 0) is 4.79 Å². The SMILES string of the molecule is C=C(C)c1ccccc1N=C(C)C(C)N1CCN(C(=O)COc2ccc(C)cc2)CC1. The van der Waals surface area contributed by atoms with E-state index in [9.17, 15) is 4.79 Å². The predicted molar refractivity (Wildman–Crippen MR) is 128 cm³/mol. The molecule has 5 nitrogen and oxygen atoms in total. The van der Waals surface area contributed by atoms with Gasteiger partial charge in [-0.2, -0.15) is 0 Å². The van der Waals surface area contributed by atoms with Crippen molar-refractivity contribution in [3.8, 4) is 5.75 Å². The Morgan fingerprint density at radius 2 is 1.71 bits per heavy atom. The van der Waals surface area contributed by atoms with Crippen molar-refractivity contribution in [1.29, 1.82) is 0 Å². The van der Waals surface area contributed by atoms with E-state index < -0.39 is 0 Å². The summed E-state index contributed by atoms with van der Waals surface area (Å²) in [4.78, 5) is 21.7. The molecule has 0 N–H and O–H groups in total. The fourth-order valence-electron chi connectivity index (χ4n) is 3.71. The van der Waals surface area contributed by atoms with Crippen molar-refractivity contribution in [3.05, 3.63) is 66.2 Å². The number of piperazine rings is 1. The van der Waals surface area contributed by atoms with Crippen LogP contribution in [-0.4, -0.2) is 60.2 Å². The third-order valence-corrected chi connectivity index (χ3v) is 5.86. The Morgan fingerprint density at radius 1 is 1.06 bits per heavy atom. The summed E-state index contributed by atoms with van der Waals surface area (Å²) in [5, 5.41) is 0. The molecule has 1 atom stereocenters. The van der Waals surface area contributed by atoms with Crippen molar-refractivity contribution in [2.45, 2.75) is 33.7 Å². The summed E-state index contributed by atoms with van der Waals surface area (Å²) in [6.07, 6.45) is 0. The van der Waals surface area contributed by atoms with Gasteiger partial charge in [0.25, 0.3) is 5.91 Å². The van der Waals surface area contributed by atoms with E-state index in [2.05, 4.69) is 31.4 Å². The molecule has 1 aliphatic heterocycles. The van der Waals surface area contributed by atoms with Gasteiger partial charge in [-0.15, -0.1) is 0 Å². The van der Waals surface area contributed by atoms with Gasteiger partial charge in [0, 0.05) is 43.5 Å². The molecule has 31 heavy (non-hydrogen) atoms. The molecule has 1 unspecified atom stereocenters. The van der Waals surface area contributed by atoms with Crippen LogP contribution in [0.25, 0.3) is 5.57 Å². The van der Waals surface area contributed by atoms with Gasteiger partial charge in [-0.25, -0.2) is 0 Å². The maximum absolute atomic E-state index is 12.5. The highest BCUT2D eigenvalue weighted by molar-refractivity contribution is 5.90. The van der Waals surface area contributed by atoms with Gasteiger partial charge >= 0.3 is 0 Å². The topological polar surface area (TPSA) is 45.1 Å². The van der Waals surface area contributed by atoms with Gasteiger partial charge in [-0.1, -0.05) is 42.5 Å². The van der Waals surface area contributed by atoms with Gasteiger partial charge in [0.2, 0.25) is 0 Å². The third-order valence-electron chi connectivity index (χ3n) is 5.86. The summed E-state index contributed by atoms with van der Waals surface area (Å²) in [7, 11) is 0. The van der Waals surface area contributed by atoms with Crippen LogP contribution in [0, 0.1) is 6.92 Å². The monoisotopic (exact) mass is 419 g/mol. The van der Waals surface area contributed by atoms with E-state index in [-0.39, 0.29) is 18.6 Å². The minimum atomic E-state index is 0.0358. The molecule has 1 amide bonds. The lowest BCUT2D eigenvalue weighted by Gasteiger charge is -2.38. The first-order valence-corrected chi connectivity index (χ1v) is 10.9. The summed E-state index contributed by atoms with van der Waals surface area (Å²) < 4.78 is 5.65. The number of amides is 1. The number of ether oxygens (including phenoxy) is 1. The molecule has 1 aliphatic rings. The Balaban J connectivity index is 1.53. The average molecular weight is 420 g/mol. The molecule has 0 aromatic heterocycles. The standard InChI is InChI=1S/C26H33N3O2/c1-19(2)24-8-6-7-9-25(24)27-21(4)22(5)28-14-16-29(17-15-28)26(30)18-31-23-12-10-20(3)11-13-23/h6-13,22H,1,14-18H2,2-5H3. The normalized spacial score (nSPS) is 16.1. The quantitative estimate of drug-likeness (QED) is 0.610. The lowest BCUT2D eigenvalue weighted by molar-refractivity contribution is -0.135. The number of allylic oxidation sites excluding steroid dienone is 1. The van der Waals surface area contributed by atoms with Gasteiger partial charge in [0.1, 0.15) is 5.75 Å². The molecule has 1 heterocycles. The molecular formula is C26H33N3O2. The second-order valence-electron chi connectivity index (χ2n) is 8.25. The smallest absolute Gasteiger partial charge is 0.260 e. The van der Waals surface area contributed by atoms with Crippen LogP contribution in [0.2, 0.25) is 0 Å². The maximum atomic E-state index is 12.5. The molecule has 164 valence electrons. The van der Waals surface area contributed by atoms with Crippen LogP contribution in [0.5, 0.6) is 5.75 Å². The highest BCUT2D eigenvalue weighted by atomic mass is 16.5. The molecule has 2 aromatic carbocycles. The zero-order chi connectivity index (χ0) is 22.4. The van der Waals surface area contributed by atoms with Crippen LogP contribution < -0.4 is 4.74 Å². The number of hydrogen-bond acceptors (Lipinski definition) is 4. The molecule has 1 fully saturated rings. The number of rotatable bonds is 7. The number of aryl methyl sites for hydroxylation is 1. The molecule has 2 aromatic rings. The molecular weight excluding hydrogens is 386 g/mol. The van der Waals surface area contributed by atoms with Crippen LogP contribution in [0.4, 0.5) is 5.69 Å². The first-order chi connectivity index (χ1) is 14.8. The van der Waals surface area contributed by atoms with Crippen LogP contribution in [0.1, 0.15) is 31.9 Å². The first kappa shape index (κ1) is 22.8. The number of nitrogens with zero attached hydrogens (tertiary/aromatic N) is 3. The second kappa shape index (κ2) is 10.4. The molecule has 0 saturated carbocycles. The Morgan fingerprint density at radius 3 is 2.35 bits per heavy atom. The van der Waals surface area contributed by atoms with E-state index in [0.717, 1.165) is 41.4 Å². The molecule has 0 spiro atoms. The summed E-state index contributed by atoms with van der Waals surface area (Å²) in [6.45, 7) is 15.5. The summed E-state index contributed by atoms with van der Waals surface area (Å²) >= 11 is 0. The highest BCUT2D eigenvalue weighted by Crippen LogP contribution is 2.25. The zero-order valence-corrected chi connectivity index (χ0v) is 19.1. The van der Waals surface area contributed by atoms with E-state index in [1.54, 1.807) is 0 Å². The lowest BCUT2D eigenvalue weighted by Crippen LogP contribution is -2.53. The van der Waals surface area contributed by atoms with Gasteiger partial charge in [0.15, 0.2) is 6.61 Å². The van der Waals surface area contributed by atoms with Gasteiger partial charge in [-0.05, 0) is 51.5 Å². The van der Waals surface area contributed by atoms with Crippen molar-refractivity contribution in [2.75, 3.05) is 32.8 Å². The predicted octanol–water partition coefficient (Wildman–Crippen LogP) is 4.73. The summed E-state index contributed by atoms with van der Waals surface area (Å²) in [5.74, 6) is 0.765. The van der Waals surface area contributed by atoms with Gasteiger partial charge in [0.05, 0.1) is 5.69 Å². The van der Waals surface area contributed by atoms with E-state index in [4.69, 9.17) is 9.73 Å². The number of aliphatic imine (C=N–C) groups is 1. The highest BCUT2D eigenvalue weighted by Gasteiger charge is 2.25. The zero-order valence-electron chi connectivity index (χ0n) is 19.1. The van der Waals surface area contributed by atoms with Crippen molar-refractivity contribution < 1.29 is 9.53 Å². The van der Waals surface area contributed by atoms with Crippen molar-refractivity contribution in [3.63, 3.8) is 0 Å². The van der Waals surface area contributed by atoms with Crippen LogP contribution in [0.15, 0.2) is 60.1 Å². The average Bonchev–Trinajstić information content (AvgIpc) is 2.78.